The molecule has 0 bridgehead atoms. The maximum Gasteiger partial charge on any atom is 0.0991 e. The molecule has 0 heterocycles. The summed E-state index contributed by atoms with van der Waals surface area (Å²) >= 11 is 0. The molecule has 0 saturated heterocycles. The Balaban J connectivity index is 1.20. The summed E-state index contributed by atoms with van der Waals surface area (Å²) in [6.07, 6.45) is 0. The molecule has 2 aliphatic rings. The van der Waals surface area contributed by atoms with E-state index in [1.54, 1.807) is 0 Å². The predicted octanol–water partition coefficient (Wildman–Crippen LogP) is 12.8. The highest BCUT2D eigenvalue weighted by atomic mass is 15.1. The summed E-state index contributed by atoms with van der Waals surface area (Å²) in [7, 11) is 0. The monoisotopic (exact) mass is 658 g/mol. The van der Waals surface area contributed by atoms with E-state index in [-0.39, 0.29) is 0 Å². The average molecular weight is 659 g/mol. The molecule has 2 heteroatoms. The Morgan fingerprint density at radius 1 is 0.346 bits per heavy atom. The smallest absolute Gasteiger partial charge is 0.0991 e. The Labute approximate surface area is 302 Å². The fourth-order valence-electron chi connectivity index (χ4n) is 9.39. The molecule has 52 heavy (non-hydrogen) atoms. The van der Waals surface area contributed by atoms with Gasteiger partial charge in [0.2, 0.25) is 0 Å². The standard InChI is InChI=1S/C50H30N2/c51-31-32-21-23-33(24-22-32)52(34-25-27-40-38-13-2-1-11-36(38)37-12-3-4-14-39(37)45(40)29-34)35-26-28-44-43-17-7-10-20-48(43)50(49(44)30-35)46-18-8-5-15-41(46)42-16-6-9-19-47(42)50/h1-30H. The molecule has 9 aromatic rings. The van der Waals surface area contributed by atoms with Gasteiger partial charge in [-0.1, -0.05) is 133 Å². The van der Waals surface area contributed by atoms with Crippen LogP contribution < -0.4 is 4.90 Å². The van der Waals surface area contributed by atoms with Crippen molar-refractivity contribution in [2.75, 3.05) is 4.90 Å². The number of fused-ring (bicyclic) bond motifs is 16. The summed E-state index contributed by atoms with van der Waals surface area (Å²) in [6, 6.07) is 68.5. The Kier molecular flexibility index (Phi) is 5.98. The lowest BCUT2D eigenvalue weighted by atomic mass is 9.70. The first-order chi connectivity index (χ1) is 25.8. The topological polar surface area (TPSA) is 27.0 Å². The summed E-state index contributed by atoms with van der Waals surface area (Å²) in [5, 5.41) is 17.2. The minimum Gasteiger partial charge on any atom is -0.310 e. The Hall–Kier alpha value is -6.95. The zero-order chi connectivity index (χ0) is 34.4. The van der Waals surface area contributed by atoms with Gasteiger partial charge in [-0.05, 0) is 125 Å². The molecule has 0 unspecified atom stereocenters. The maximum atomic E-state index is 9.71. The van der Waals surface area contributed by atoms with Crippen molar-refractivity contribution in [2.45, 2.75) is 5.41 Å². The SMILES string of the molecule is N#Cc1ccc(N(c2ccc3c(c2)C2(c4ccccc4-c4ccccc42)c2ccccc2-3)c2ccc3c4ccccc4c4ccccc4c3c2)cc1. The molecule has 0 fully saturated rings. The van der Waals surface area contributed by atoms with E-state index in [1.165, 1.54) is 76.8 Å². The van der Waals surface area contributed by atoms with E-state index >= 15 is 0 Å². The second kappa shape index (κ2) is 10.8. The molecule has 1 spiro atoms. The van der Waals surface area contributed by atoms with Gasteiger partial charge in [0.1, 0.15) is 0 Å². The van der Waals surface area contributed by atoms with Crippen molar-refractivity contribution in [3.05, 3.63) is 210 Å². The average Bonchev–Trinajstić information content (AvgIpc) is 3.68. The van der Waals surface area contributed by atoms with E-state index in [4.69, 9.17) is 0 Å². The van der Waals surface area contributed by atoms with Crippen molar-refractivity contribution in [3.8, 4) is 28.3 Å². The molecule has 9 aromatic carbocycles. The first-order valence-electron chi connectivity index (χ1n) is 17.8. The lowest BCUT2D eigenvalue weighted by Crippen LogP contribution is -2.26. The van der Waals surface area contributed by atoms with Gasteiger partial charge in [-0.2, -0.15) is 5.26 Å². The first kappa shape index (κ1) is 28.8. The number of rotatable bonds is 3. The summed E-state index contributed by atoms with van der Waals surface area (Å²) < 4.78 is 0. The van der Waals surface area contributed by atoms with Gasteiger partial charge < -0.3 is 4.90 Å². The summed E-state index contributed by atoms with van der Waals surface area (Å²) in [6.45, 7) is 0. The van der Waals surface area contributed by atoms with Gasteiger partial charge in [-0.15, -0.1) is 0 Å². The third-order valence-corrected chi connectivity index (χ3v) is 11.5. The largest absolute Gasteiger partial charge is 0.310 e. The highest BCUT2D eigenvalue weighted by molar-refractivity contribution is 6.25. The van der Waals surface area contributed by atoms with Crippen LogP contribution in [0.2, 0.25) is 0 Å². The van der Waals surface area contributed by atoms with E-state index < -0.39 is 5.41 Å². The number of anilines is 3. The molecule has 0 radical (unpaired) electrons. The highest BCUT2D eigenvalue weighted by Crippen LogP contribution is 2.63. The van der Waals surface area contributed by atoms with Crippen LogP contribution in [0.5, 0.6) is 0 Å². The second-order valence-electron chi connectivity index (χ2n) is 13.9. The van der Waals surface area contributed by atoms with Crippen LogP contribution in [-0.4, -0.2) is 0 Å². The quantitative estimate of drug-likeness (QED) is 0.177. The zero-order valence-corrected chi connectivity index (χ0v) is 28.2. The van der Waals surface area contributed by atoms with Gasteiger partial charge in [0.05, 0.1) is 17.0 Å². The Morgan fingerprint density at radius 3 is 1.29 bits per heavy atom. The van der Waals surface area contributed by atoms with Crippen molar-refractivity contribution >= 4 is 49.4 Å². The van der Waals surface area contributed by atoms with Gasteiger partial charge in [-0.25, -0.2) is 0 Å². The van der Waals surface area contributed by atoms with Gasteiger partial charge >= 0.3 is 0 Å². The summed E-state index contributed by atoms with van der Waals surface area (Å²) in [5.41, 5.74) is 13.7. The van der Waals surface area contributed by atoms with Crippen LogP contribution in [-0.2, 0) is 5.41 Å². The fraction of sp³-hybridized carbons (Fsp3) is 0.0200. The van der Waals surface area contributed by atoms with Crippen molar-refractivity contribution in [1.82, 2.24) is 0 Å². The summed E-state index contributed by atoms with van der Waals surface area (Å²) in [5.74, 6) is 0. The number of benzene rings is 9. The number of nitrogens with zero attached hydrogens (tertiary/aromatic N) is 2. The number of hydrogen-bond donors (Lipinski definition) is 0. The van der Waals surface area contributed by atoms with Crippen LogP contribution in [0.4, 0.5) is 17.1 Å². The molecule has 0 N–H and O–H groups in total. The number of nitriles is 1. The molecular weight excluding hydrogens is 629 g/mol. The second-order valence-corrected chi connectivity index (χ2v) is 13.9. The van der Waals surface area contributed by atoms with E-state index in [0.717, 1.165) is 17.1 Å². The van der Waals surface area contributed by atoms with Crippen LogP contribution in [0.3, 0.4) is 0 Å². The van der Waals surface area contributed by atoms with E-state index in [0.29, 0.717) is 5.56 Å². The van der Waals surface area contributed by atoms with E-state index in [1.807, 2.05) is 12.1 Å². The molecule has 240 valence electrons. The van der Waals surface area contributed by atoms with Crippen LogP contribution in [0.15, 0.2) is 182 Å². The molecule has 0 aliphatic heterocycles. The Morgan fingerprint density at radius 2 is 0.750 bits per heavy atom. The van der Waals surface area contributed by atoms with Crippen LogP contribution in [0, 0.1) is 11.3 Å². The van der Waals surface area contributed by atoms with E-state index in [2.05, 4.69) is 181 Å². The third-order valence-electron chi connectivity index (χ3n) is 11.5. The van der Waals surface area contributed by atoms with Gasteiger partial charge in [0, 0.05) is 17.1 Å². The van der Waals surface area contributed by atoms with Crippen molar-refractivity contribution < 1.29 is 0 Å². The number of hydrogen-bond acceptors (Lipinski definition) is 2. The van der Waals surface area contributed by atoms with Gasteiger partial charge in [0.25, 0.3) is 0 Å². The lowest BCUT2D eigenvalue weighted by Gasteiger charge is -2.32. The molecule has 0 aromatic heterocycles. The van der Waals surface area contributed by atoms with Crippen LogP contribution >= 0.6 is 0 Å². The third kappa shape index (κ3) is 3.77. The van der Waals surface area contributed by atoms with Crippen LogP contribution in [0.1, 0.15) is 27.8 Å². The van der Waals surface area contributed by atoms with Crippen molar-refractivity contribution in [1.29, 1.82) is 5.26 Å². The van der Waals surface area contributed by atoms with Crippen LogP contribution in [0.25, 0.3) is 54.6 Å². The lowest BCUT2D eigenvalue weighted by molar-refractivity contribution is 0.793. The molecular formula is C50H30N2. The minimum absolute atomic E-state index is 0.441. The summed E-state index contributed by atoms with van der Waals surface area (Å²) in [4.78, 5) is 2.36. The fourth-order valence-corrected chi connectivity index (χ4v) is 9.39. The Bertz CT molecular complexity index is 2880. The van der Waals surface area contributed by atoms with E-state index in [9.17, 15) is 5.26 Å². The first-order valence-corrected chi connectivity index (χ1v) is 17.8. The highest BCUT2D eigenvalue weighted by Gasteiger charge is 2.51. The van der Waals surface area contributed by atoms with Crippen molar-refractivity contribution in [3.63, 3.8) is 0 Å². The minimum atomic E-state index is -0.441. The van der Waals surface area contributed by atoms with Gasteiger partial charge in [0.15, 0.2) is 0 Å². The normalized spacial score (nSPS) is 13.1. The molecule has 11 rings (SSSR count). The molecule has 0 saturated carbocycles. The molecule has 0 amide bonds. The van der Waals surface area contributed by atoms with Gasteiger partial charge in [-0.3, -0.25) is 0 Å². The molecule has 2 nitrogen and oxygen atoms in total. The zero-order valence-electron chi connectivity index (χ0n) is 28.2. The van der Waals surface area contributed by atoms with Crippen molar-refractivity contribution in [2.24, 2.45) is 0 Å². The maximum absolute atomic E-state index is 9.71. The molecule has 0 atom stereocenters. The predicted molar refractivity (Wildman–Crippen MR) is 215 cm³/mol. The molecule has 2 aliphatic carbocycles.